The molecule has 102 valence electrons. The maximum absolute atomic E-state index is 10.9. The minimum Gasteiger partial charge on any atom is -0.478 e. The van der Waals surface area contributed by atoms with E-state index in [2.05, 4.69) is 16.4 Å². The van der Waals surface area contributed by atoms with E-state index in [0.717, 1.165) is 19.3 Å². The summed E-state index contributed by atoms with van der Waals surface area (Å²) in [4.78, 5) is 16.6. The lowest BCUT2D eigenvalue weighted by Crippen LogP contribution is -1.94. The highest BCUT2D eigenvalue weighted by atomic mass is 32.1. The van der Waals surface area contributed by atoms with Gasteiger partial charge < -0.3 is 9.52 Å². The molecule has 1 aromatic carbocycles. The maximum Gasteiger partial charge on any atom is 0.335 e. The Bertz CT molecular complexity index is 731. The second-order valence-corrected chi connectivity index (χ2v) is 5.56. The van der Waals surface area contributed by atoms with E-state index in [-0.39, 0.29) is 5.56 Å². The molecular formula is C15H13NO3S. The van der Waals surface area contributed by atoms with Gasteiger partial charge in [0.25, 0.3) is 0 Å². The predicted molar refractivity (Wildman–Crippen MR) is 77.3 cm³/mol. The zero-order valence-electron chi connectivity index (χ0n) is 10.7. The van der Waals surface area contributed by atoms with Gasteiger partial charge in [-0.1, -0.05) is 6.07 Å². The molecule has 0 saturated carbocycles. The molecule has 0 aliphatic carbocycles. The van der Waals surface area contributed by atoms with Crippen LogP contribution in [0.1, 0.15) is 27.5 Å². The standard InChI is InChI=1S/C15H13NO3S/c17-15(18)10-6-7-13-12(9-10)16-14(19-13)5-1-3-11-4-2-8-20-11/h2,4,6-9H,1,3,5H2,(H,17,18). The lowest BCUT2D eigenvalue weighted by Gasteiger charge is -1.94. The fourth-order valence-electron chi connectivity index (χ4n) is 2.08. The van der Waals surface area contributed by atoms with E-state index in [1.54, 1.807) is 23.5 Å². The van der Waals surface area contributed by atoms with Crippen molar-refractivity contribution in [1.29, 1.82) is 0 Å². The van der Waals surface area contributed by atoms with Gasteiger partial charge in [0, 0.05) is 11.3 Å². The van der Waals surface area contributed by atoms with Gasteiger partial charge in [0.05, 0.1) is 5.56 Å². The lowest BCUT2D eigenvalue weighted by atomic mass is 10.2. The van der Waals surface area contributed by atoms with Gasteiger partial charge in [0.2, 0.25) is 0 Å². The number of carboxylic acids is 1. The van der Waals surface area contributed by atoms with Crippen LogP contribution in [0.2, 0.25) is 0 Å². The number of carbonyl (C=O) groups is 1. The Hall–Kier alpha value is -2.14. The molecule has 0 aliphatic rings. The Morgan fingerprint density at radius 1 is 1.30 bits per heavy atom. The first kappa shape index (κ1) is 12.9. The SMILES string of the molecule is O=C(O)c1ccc2oc(CCCc3cccs3)nc2c1. The van der Waals surface area contributed by atoms with Gasteiger partial charge in [-0.05, 0) is 42.5 Å². The molecule has 0 atom stereocenters. The van der Waals surface area contributed by atoms with Crippen LogP contribution in [-0.2, 0) is 12.8 Å². The average molecular weight is 287 g/mol. The number of oxazole rings is 1. The molecule has 0 aliphatic heterocycles. The van der Waals surface area contributed by atoms with E-state index in [9.17, 15) is 4.79 Å². The van der Waals surface area contributed by atoms with Crippen LogP contribution in [0.5, 0.6) is 0 Å². The van der Waals surface area contributed by atoms with E-state index in [4.69, 9.17) is 9.52 Å². The van der Waals surface area contributed by atoms with Crippen molar-refractivity contribution in [3.05, 3.63) is 52.0 Å². The van der Waals surface area contributed by atoms with Gasteiger partial charge in [-0.15, -0.1) is 11.3 Å². The minimum atomic E-state index is -0.950. The van der Waals surface area contributed by atoms with Gasteiger partial charge in [0.1, 0.15) is 5.52 Å². The highest BCUT2D eigenvalue weighted by molar-refractivity contribution is 7.09. The summed E-state index contributed by atoms with van der Waals surface area (Å²) in [6.07, 6.45) is 2.74. The van der Waals surface area contributed by atoms with Gasteiger partial charge in [-0.2, -0.15) is 0 Å². The van der Waals surface area contributed by atoms with Gasteiger partial charge in [0.15, 0.2) is 11.5 Å². The highest BCUT2D eigenvalue weighted by Crippen LogP contribution is 2.19. The third-order valence-electron chi connectivity index (χ3n) is 3.07. The molecule has 0 radical (unpaired) electrons. The largest absolute Gasteiger partial charge is 0.478 e. The molecule has 5 heteroatoms. The quantitative estimate of drug-likeness (QED) is 0.776. The molecule has 0 amide bonds. The highest BCUT2D eigenvalue weighted by Gasteiger charge is 2.09. The lowest BCUT2D eigenvalue weighted by molar-refractivity contribution is 0.0697. The zero-order chi connectivity index (χ0) is 13.9. The first-order valence-electron chi connectivity index (χ1n) is 6.37. The number of carboxylic acid groups (broad SMARTS) is 1. The number of thiophene rings is 1. The molecule has 0 unspecified atom stereocenters. The third-order valence-corrected chi connectivity index (χ3v) is 4.01. The molecule has 0 fully saturated rings. The third kappa shape index (κ3) is 2.72. The molecule has 20 heavy (non-hydrogen) atoms. The van der Waals surface area contributed by atoms with Crippen molar-refractivity contribution in [2.75, 3.05) is 0 Å². The molecule has 1 N–H and O–H groups in total. The van der Waals surface area contributed by atoms with E-state index in [0.29, 0.717) is 17.0 Å². The van der Waals surface area contributed by atoms with E-state index in [1.165, 1.54) is 10.9 Å². The van der Waals surface area contributed by atoms with Crippen LogP contribution in [-0.4, -0.2) is 16.1 Å². The molecule has 0 spiro atoms. The van der Waals surface area contributed by atoms with Crippen molar-refractivity contribution in [3.63, 3.8) is 0 Å². The summed E-state index contributed by atoms with van der Waals surface area (Å²) in [6, 6.07) is 8.91. The van der Waals surface area contributed by atoms with Crippen LogP contribution in [0.3, 0.4) is 0 Å². The van der Waals surface area contributed by atoms with Crippen molar-refractivity contribution in [1.82, 2.24) is 4.98 Å². The number of aromatic nitrogens is 1. The van der Waals surface area contributed by atoms with Crippen molar-refractivity contribution < 1.29 is 14.3 Å². The monoisotopic (exact) mass is 287 g/mol. The normalized spacial score (nSPS) is 11.0. The second-order valence-electron chi connectivity index (χ2n) is 4.53. The number of aryl methyl sites for hydroxylation is 2. The number of benzene rings is 1. The van der Waals surface area contributed by atoms with Crippen molar-refractivity contribution in [2.24, 2.45) is 0 Å². The van der Waals surface area contributed by atoms with Gasteiger partial charge in [-0.3, -0.25) is 0 Å². The molecule has 2 aromatic heterocycles. The Balaban J connectivity index is 1.70. The first-order valence-corrected chi connectivity index (χ1v) is 7.25. The van der Waals surface area contributed by atoms with Crippen LogP contribution >= 0.6 is 11.3 Å². The summed E-state index contributed by atoms with van der Waals surface area (Å²) < 4.78 is 5.62. The van der Waals surface area contributed by atoms with E-state index < -0.39 is 5.97 Å². The van der Waals surface area contributed by atoms with Gasteiger partial charge in [-0.25, -0.2) is 9.78 Å². The Morgan fingerprint density at radius 2 is 2.20 bits per heavy atom. The molecule has 0 bridgehead atoms. The summed E-state index contributed by atoms with van der Waals surface area (Å²) in [5, 5.41) is 11.0. The second kappa shape index (κ2) is 5.46. The number of hydrogen-bond acceptors (Lipinski definition) is 4. The minimum absolute atomic E-state index is 0.232. The number of nitrogens with zero attached hydrogens (tertiary/aromatic N) is 1. The van der Waals surface area contributed by atoms with Crippen molar-refractivity contribution in [3.8, 4) is 0 Å². The Morgan fingerprint density at radius 3 is 2.95 bits per heavy atom. The Labute approximate surface area is 119 Å². The fraction of sp³-hybridized carbons (Fsp3) is 0.200. The summed E-state index contributed by atoms with van der Waals surface area (Å²) >= 11 is 1.75. The molecule has 0 saturated heterocycles. The Kier molecular flexibility index (Phi) is 3.52. The van der Waals surface area contributed by atoms with Crippen LogP contribution in [0.15, 0.2) is 40.1 Å². The molecule has 3 aromatic rings. The molecule has 2 heterocycles. The number of fused-ring (bicyclic) bond motifs is 1. The summed E-state index contributed by atoms with van der Waals surface area (Å²) in [5.41, 5.74) is 1.48. The van der Waals surface area contributed by atoms with E-state index in [1.807, 2.05) is 6.07 Å². The summed E-state index contributed by atoms with van der Waals surface area (Å²) in [5.74, 6) is -0.284. The van der Waals surface area contributed by atoms with Crippen LogP contribution in [0.25, 0.3) is 11.1 Å². The van der Waals surface area contributed by atoms with Crippen LogP contribution in [0, 0.1) is 0 Å². The van der Waals surface area contributed by atoms with Crippen molar-refractivity contribution >= 4 is 28.4 Å². The van der Waals surface area contributed by atoms with Gasteiger partial charge >= 0.3 is 5.97 Å². The van der Waals surface area contributed by atoms with Crippen molar-refractivity contribution in [2.45, 2.75) is 19.3 Å². The van der Waals surface area contributed by atoms with Crippen LogP contribution < -0.4 is 0 Å². The summed E-state index contributed by atoms with van der Waals surface area (Å²) in [6.45, 7) is 0. The molecule has 4 nitrogen and oxygen atoms in total. The average Bonchev–Trinajstić information content (AvgIpc) is 3.06. The zero-order valence-corrected chi connectivity index (χ0v) is 11.5. The topological polar surface area (TPSA) is 63.3 Å². The predicted octanol–water partition coefficient (Wildman–Crippen LogP) is 3.76. The molecular weight excluding hydrogens is 274 g/mol. The fourth-order valence-corrected chi connectivity index (χ4v) is 2.84. The smallest absolute Gasteiger partial charge is 0.335 e. The number of hydrogen-bond donors (Lipinski definition) is 1. The summed E-state index contributed by atoms with van der Waals surface area (Å²) in [7, 11) is 0. The first-order chi connectivity index (χ1) is 9.72. The molecule has 3 rings (SSSR count). The van der Waals surface area contributed by atoms with E-state index >= 15 is 0 Å². The maximum atomic E-state index is 10.9. The van der Waals surface area contributed by atoms with Crippen LogP contribution in [0.4, 0.5) is 0 Å². The number of rotatable bonds is 5. The number of aromatic carboxylic acids is 1.